The molecule has 4 nitrogen and oxygen atoms in total. The van der Waals surface area contributed by atoms with Crippen LogP contribution < -0.4 is 5.32 Å². The van der Waals surface area contributed by atoms with Crippen LogP contribution in [0.5, 0.6) is 0 Å². The Morgan fingerprint density at radius 1 is 1.27 bits per heavy atom. The molecule has 5 rings (SSSR count). The van der Waals surface area contributed by atoms with Crippen molar-refractivity contribution in [2.24, 2.45) is 0 Å². The van der Waals surface area contributed by atoms with Gasteiger partial charge in [-0.25, -0.2) is 4.39 Å². The van der Waals surface area contributed by atoms with Crippen molar-refractivity contribution in [2.75, 3.05) is 13.2 Å². The van der Waals surface area contributed by atoms with Gasteiger partial charge in [0.05, 0.1) is 15.0 Å². The first-order valence-electron chi connectivity index (χ1n) is 9.81. The third-order valence-electron chi connectivity index (χ3n) is 5.23. The Bertz CT molecular complexity index is 1100. The Morgan fingerprint density at radius 2 is 2.19 bits per heavy atom. The number of hydrogen-bond donors (Lipinski definition) is 2. The monoisotopic (exact) mass is 352 g/mol. The second kappa shape index (κ2) is 6.04. The maximum absolute atomic E-state index is 14.9. The molecule has 0 spiro atoms. The Morgan fingerprint density at radius 3 is 3.00 bits per heavy atom. The normalized spacial score (nSPS) is 23.0. The molecule has 0 aliphatic carbocycles. The van der Waals surface area contributed by atoms with E-state index in [0.29, 0.717) is 33.3 Å². The van der Waals surface area contributed by atoms with E-state index in [-0.39, 0.29) is 29.8 Å². The maximum Gasteiger partial charge on any atom is 0.189 e. The second-order valence-electron chi connectivity index (χ2n) is 6.80. The highest BCUT2D eigenvalue weighted by Crippen LogP contribution is 2.36. The van der Waals surface area contributed by atoms with Crippen molar-refractivity contribution in [3.63, 3.8) is 0 Å². The van der Waals surface area contributed by atoms with Gasteiger partial charge in [0.25, 0.3) is 0 Å². The van der Waals surface area contributed by atoms with Gasteiger partial charge < -0.3 is 15.0 Å². The predicted octanol–water partition coefficient (Wildman–Crippen LogP) is 4.11. The van der Waals surface area contributed by atoms with Crippen molar-refractivity contribution in [2.45, 2.75) is 25.4 Å². The van der Waals surface area contributed by atoms with Crippen LogP contribution >= 0.6 is 0 Å². The minimum Gasteiger partial charge on any atom is -0.369 e. The molecule has 3 heterocycles. The van der Waals surface area contributed by atoms with Crippen LogP contribution in [0.4, 0.5) is 4.39 Å². The van der Waals surface area contributed by atoms with Crippen molar-refractivity contribution in [1.29, 1.82) is 0 Å². The first kappa shape index (κ1) is 13.7. The van der Waals surface area contributed by atoms with Gasteiger partial charge in [-0.3, -0.25) is 4.79 Å². The average molecular weight is 352 g/mol. The number of carbonyl (C=O) groups is 1. The van der Waals surface area contributed by atoms with Crippen molar-refractivity contribution in [1.82, 2.24) is 10.3 Å². The molecule has 2 aliphatic heterocycles. The van der Waals surface area contributed by atoms with Gasteiger partial charge in [0.15, 0.2) is 5.78 Å². The number of benzene rings is 2. The van der Waals surface area contributed by atoms with E-state index in [2.05, 4.69) is 10.3 Å². The molecule has 1 saturated heterocycles. The van der Waals surface area contributed by atoms with Gasteiger partial charge in [0.1, 0.15) is 12.4 Å². The zero-order valence-electron chi connectivity index (χ0n) is 16.1. The van der Waals surface area contributed by atoms with Gasteiger partial charge >= 0.3 is 0 Å². The molecule has 0 bridgehead atoms. The fraction of sp³-hybridized carbons (Fsp3) is 0.286. The first-order chi connectivity index (χ1) is 13.5. The average Bonchev–Trinajstić information content (AvgIpc) is 3.31. The lowest BCUT2D eigenvalue weighted by molar-refractivity contribution is 0.0742. The molecule has 132 valence electrons. The van der Waals surface area contributed by atoms with Gasteiger partial charge in [-0.05, 0) is 31.5 Å². The summed E-state index contributed by atoms with van der Waals surface area (Å²) in [6.07, 6.45) is 1.92. The molecule has 3 aromatic rings. The number of H-pyrrole nitrogens is 1. The van der Waals surface area contributed by atoms with Crippen molar-refractivity contribution < 1.29 is 16.7 Å². The SMILES string of the molecule is [2H]C1([2H])OCC(=O)c2cccc3[nH]c(-c4ccc(C5CCCN5)c(F)c4)c1c23. The summed E-state index contributed by atoms with van der Waals surface area (Å²) in [6, 6.07) is 10.2. The van der Waals surface area contributed by atoms with Gasteiger partial charge in [-0.2, -0.15) is 0 Å². The minimum absolute atomic E-state index is 0.0114. The standard InChI is InChI=1S/C21H19FN2O2/c22-16-9-12(6-7-13(16)17-5-2-8-23-17)21-15-10-26-11-19(25)14-3-1-4-18(24-21)20(14)15/h1,3-4,6-7,9,17,23-24H,2,5,8,10-11H2/i10D2. The van der Waals surface area contributed by atoms with E-state index in [0.717, 1.165) is 19.4 Å². The van der Waals surface area contributed by atoms with E-state index in [1.807, 2.05) is 0 Å². The first-order valence-corrected chi connectivity index (χ1v) is 8.81. The molecule has 0 amide bonds. The minimum atomic E-state index is -2.17. The van der Waals surface area contributed by atoms with Crippen LogP contribution in [0.3, 0.4) is 0 Å². The Kier molecular flexibility index (Phi) is 3.18. The second-order valence-corrected chi connectivity index (χ2v) is 6.80. The molecule has 26 heavy (non-hydrogen) atoms. The number of ketones is 1. The molecule has 1 fully saturated rings. The number of hydrogen-bond acceptors (Lipinski definition) is 3. The van der Waals surface area contributed by atoms with Crippen molar-refractivity contribution in [3.8, 4) is 11.3 Å². The Balaban J connectivity index is 1.72. The molecule has 0 saturated carbocycles. The van der Waals surface area contributed by atoms with Crippen LogP contribution in [0.2, 0.25) is 0 Å². The number of rotatable bonds is 2. The van der Waals surface area contributed by atoms with Crippen LogP contribution in [-0.4, -0.2) is 23.9 Å². The zero-order valence-corrected chi connectivity index (χ0v) is 14.1. The van der Waals surface area contributed by atoms with E-state index < -0.39 is 6.56 Å². The highest BCUT2D eigenvalue weighted by molar-refractivity contribution is 6.11. The maximum atomic E-state index is 14.9. The van der Waals surface area contributed by atoms with Gasteiger partial charge in [0, 0.05) is 39.2 Å². The fourth-order valence-corrected chi connectivity index (χ4v) is 3.97. The molecule has 2 aromatic carbocycles. The number of nitrogens with one attached hydrogen (secondary N) is 2. The summed E-state index contributed by atoms with van der Waals surface area (Å²) in [4.78, 5) is 15.6. The lowest BCUT2D eigenvalue weighted by atomic mass is 9.98. The number of aromatic amines is 1. The number of Topliss-reactive ketones (excluding diaryl/α,β-unsaturated/α-hetero) is 1. The van der Waals surface area contributed by atoms with Gasteiger partial charge in [-0.1, -0.05) is 24.3 Å². The van der Waals surface area contributed by atoms with E-state index in [1.54, 1.807) is 30.3 Å². The molecular formula is C21H19FN2O2. The summed E-state index contributed by atoms with van der Waals surface area (Å²) < 4.78 is 36.9. The summed E-state index contributed by atoms with van der Waals surface area (Å²) >= 11 is 0. The highest BCUT2D eigenvalue weighted by atomic mass is 19.1. The molecular weight excluding hydrogens is 331 g/mol. The lowest BCUT2D eigenvalue weighted by Gasteiger charge is -2.13. The third kappa shape index (κ3) is 2.39. The van der Waals surface area contributed by atoms with Gasteiger partial charge in [-0.15, -0.1) is 0 Å². The molecule has 2 N–H and O–H groups in total. The Labute approximate surface area is 153 Å². The predicted molar refractivity (Wildman–Crippen MR) is 97.7 cm³/mol. The smallest absolute Gasteiger partial charge is 0.189 e. The largest absolute Gasteiger partial charge is 0.369 e. The summed E-state index contributed by atoms with van der Waals surface area (Å²) in [6.45, 7) is -1.62. The Hall–Kier alpha value is -2.50. The number of halogens is 1. The molecule has 1 unspecified atom stereocenters. The van der Waals surface area contributed by atoms with Crippen molar-refractivity contribution >= 4 is 16.7 Å². The highest BCUT2D eigenvalue weighted by Gasteiger charge is 2.24. The summed E-state index contributed by atoms with van der Waals surface area (Å²) in [5, 5.41) is 3.80. The van der Waals surface area contributed by atoms with E-state index >= 15 is 0 Å². The van der Waals surface area contributed by atoms with Crippen LogP contribution in [0, 0.1) is 5.82 Å². The quantitative estimate of drug-likeness (QED) is 0.730. The molecule has 1 atom stereocenters. The van der Waals surface area contributed by atoms with E-state index in [1.165, 1.54) is 6.07 Å². The lowest BCUT2D eigenvalue weighted by Crippen LogP contribution is -2.14. The van der Waals surface area contributed by atoms with Gasteiger partial charge in [0.2, 0.25) is 0 Å². The summed E-state index contributed by atoms with van der Waals surface area (Å²) in [5.74, 6) is -0.596. The molecule has 1 aromatic heterocycles. The molecule has 2 aliphatic rings. The van der Waals surface area contributed by atoms with Crippen LogP contribution in [-0.2, 0) is 11.3 Å². The number of aromatic nitrogens is 1. The topological polar surface area (TPSA) is 54.1 Å². The fourth-order valence-electron chi connectivity index (χ4n) is 3.97. The van der Waals surface area contributed by atoms with Crippen LogP contribution in [0.1, 0.15) is 43.1 Å². The summed E-state index contributed by atoms with van der Waals surface area (Å²) in [5.41, 5.74) is 2.88. The van der Waals surface area contributed by atoms with Crippen LogP contribution in [0.15, 0.2) is 36.4 Å². The molecule has 0 radical (unpaired) electrons. The zero-order chi connectivity index (χ0) is 19.5. The van der Waals surface area contributed by atoms with E-state index in [9.17, 15) is 9.18 Å². The van der Waals surface area contributed by atoms with Crippen LogP contribution in [0.25, 0.3) is 22.2 Å². The van der Waals surface area contributed by atoms with E-state index in [4.69, 9.17) is 7.48 Å². The van der Waals surface area contributed by atoms with Crippen molar-refractivity contribution in [3.05, 3.63) is 58.9 Å². The summed E-state index contributed by atoms with van der Waals surface area (Å²) in [7, 11) is 0. The number of ether oxygens (including phenoxy) is 1. The third-order valence-corrected chi connectivity index (χ3v) is 5.23. The molecule has 5 heteroatoms. The number of carbonyl (C=O) groups excluding carboxylic acids is 1.